The number of rotatable bonds is 1. The van der Waals surface area contributed by atoms with Crippen LogP contribution in [0.4, 0.5) is 0 Å². The van der Waals surface area contributed by atoms with Crippen LogP contribution in [0.3, 0.4) is 0 Å². The molecule has 1 aromatic heterocycles. The van der Waals surface area contributed by atoms with Gasteiger partial charge in [0, 0.05) is 0 Å². The lowest BCUT2D eigenvalue weighted by Gasteiger charge is -2.13. The molecular formula is C8H9BrN2O2. The summed E-state index contributed by atoms with van der Waals surface area (Å²) >= 11 is 3.18. The van der Waals surface area contributed by atoms with Crippen molar-refractivity contribution in [2.45, 2.75) is 37.4 Å². The minimum absolute atomic E-state index is 0.317. The zero-order chi connectivity index (χ0) is 8.84. The molecule has 13 heavy (non-hydrogen) atoms. The van der Waals surface area contributed by atoms with Crippen LogP contribution in [-0.2, 0) is 4.74 Å². The van der Waals surface area contributed by atoms with Gasteiger partial charge in [-0.25, -0.2) is 0 Å². The highest BCUT2D eigenvalue weighted by Crippen LogP contribution is 2.43. The summed E-state index contributed by atoms with van der Waals surface area (Å²) in [4.78, 5) is 4.17. The second-order valence-electron chi connectivity index (χ2n) is 3.62. The van der Waals surface area contributed by atoms with E-state index in [4.69, 9.17) is 9.26 Å². The molecule has 3 rings (SSSR count). The molecule has 4 nitrogen and oxygen atoms in total. The summed E-state index contributed by atoms with van der Waals surface area (Å²) < 4.78 is 11.4. The molecule has 2 aliphatic rings. The van der Waals surface area contributed by atoms with Crippen molar-refractivity contribution in [2.75, 3.05) is 0 Å². The van der Waals surface area contributed by atoms with Crippen molar-refractivity contribution in [3.05, 3.63) is 10.6 Å². The second kappa shape index (κ2) is 2.78. The Bertz CT molecular complexity index is 328. The molecular weight excluding hydrogens is 236 g/mol. The van der Waals surface area contributed by atoms with Gasteiger partial charge < -0.3 is 9.26 Å². The number of fused-ring (bicyclic) bond motifs is 2. The van der Waals surface area contributed by atoms with Gasteiger partial charge in [0.25, 0.3) is 0 Å². The largest absolute Gasteiger partial charge is 0.374 e. The molecule has 0 saturated carbocycles. The summed E-state index contributed by atoms with van der Waals surface area (Å²) in [6.45, 7) is 0. The van der Waals surface area contributed by atoms with Crippen LogP contribution in [0.2, 0.25) is 0 Å². The maximum absolute atomic E-state index is 5.71. The molecule has 0 N–H and O–H groups in total. The average Bonchev–Trinajstić information content (AvgIpc) is 2.77. The first-order chi connectivity index (χ1) is 6.33. The van der Waals surface area contributed by atoms with Gasteiger partial charge in [-0.05, 0) is 40.3 Å². The molecule has 2 saturated heterocycles. The molecule has 3 heterocycles. The third-order valence-corrected chi connectivity index (χ3v) is 3.16. The highest BCUT2D eigenvalue weighted by molar-refractivity contribution is 9.10. The van der Waals surface area contributed by atoms with E-state index in [1.165, 1.54) is 6.42 Å². The number of halogens is 1. The van der Waals surface area contributed by atoms with Crippen molar-refractivity contribution in [3.8, 4) is 0 Å². The van der Waals surface area contributed by atoms with E-state index in [-0.39, 0.29) is 0 Å². The van der Waals surface area contributed by atoms with Gasteiger partial charge in [-0.15, -0.1) is 0 Å². The van der Waals surface area contributed by atoms with Crippen LogP contribution in [0.15, 0.2) is 9.26 Å². The fraction of sp³-hybridized carbons (Fsp3) is 0.750. The van der Waals surface area contributed by atoms with E-state index >= 15 is 0 Å². The van der Waals surface area contributed by atoms with Crippen LogP contribution in [0, 0.1) is 0 Å². The first-order valence-electron chi connectivity index (χ1n) is 4.47. The zero-order valence-corrected chi connectivity index (χ0v) is 8.53. The first-order valence-corrected chi connectivity index (χ1v) is 5.27. The van der Waals surface area contributed by atoms with Crippen molar-refractivity contribution in [3.63, 3.8) is 0 Å². The summed E-state index contributed by atoms with van der Waals surface area (Å²) in [5.41, 5.74) is 0. The van der Waals surface area contributed by atoms with Crippen LogP contribution in [0.25, 0.3) is 0 Å². The Balaban J connectivity index is 1.87. The van der Waals surface area contributed by atoms with Crippen molar-refractivity contribution in [1.82, 2.24) is 10.1 Å². The van der Waals surface area contributed by atoms with Gasteiger partial charge in [-0.1, -0.05) is 0 Å². The molecule has 0 amide bonds. The van der Waals surface area contributed by atoms with E-state index in [0.717, 1.165) is 18.7 Å². The molecule has 2 fully saturated rings. The lowest BCUT2D eigenvalue weighted by molar-refractivity contribution is 0.0974. The standard InChI is InChI=1S/C8H9BrN2O2/c9-8-10-7(13-11-8)5-3-4-1-2-6(5)12-4/h4-6H,1-3H2. The Kier molecular flexibility index (Phi) is 1.70. The Hall–Kier alpha value is -0.420. The van der Waals surface area contributed by atoms with Crippen molar-refractivity contribution >= 4 is 15.9 Å². The lowest BCUT2D eigenvalue weighted by atomic mass is 9.89. The average molecular weight is 245 g/mol. The molecule has 2 bridgehead atoms. The number of ether oxygens (including phenoxy) is 1. The van der Waals surface area contributed by atoms with Gasteiger partial charge in [-0.2, -0.15) is 4.98 Å². The first kappa shape index (κ1) is 7.94. The Morgan fingerprint density at radius 3 is 2.85 bits per heavy atom. The van der Waals surface area contributed by atoms with Crippen LogP contribution in [0.5, 0.6) is 0 Å². The van der Waals surface area contributed by atoms with Crippen LogP contribution < -0.4 is 0 Å². The van der Waals surface area contributed by atoms with Crippen LogP contribution in [-0.4, -0.2) is 22.3 Å². The molecule has 1 aromatic rings. The summed E-state index contributed by atoms with van der Waals surface area (Å²) in [6.07, 6.45) is 4.11. The summed E-state index contributed by atoms with van der Waals surface area (Å²) in [5.74, 6) is 1.05. The predicted octanol–water partition coefficient (Wildman–Crippen LogP) is 1.87. The highest BCUT2D eigenvalue weighted by atomic mass is 79.9. The van der Waals surface area contributed by atoms with E-state index in [9.17, 15) is 0 Å². The SMILES string of the molecule is Brc1noc(C2CC3CCC2O3)n1. The van der Waals surface area contributed by atoms with E-state index in [2.05, 4.69) is 26.1 Å². The monoisotopic (exact) mass is 244 g/mol. The molecule has 0 radical (unpaired) electrons. The molecule has 0 aliphatic carbocycles. The number of hydrogen-bond acceptors (Lipinski definition) is 4. The normalized spacial score (nSPS) is 37.2. The highest BCUT2D eigenvalue weighted by Gasteiger charge is 2.44. The Morgan fingerprint density at radius 2 is 2.31 bits per heavy atom. The smallest absolute Gasteiger partial charge is 0.238 e. The van der Waals surface area contributed by atoms with Gasteiger partial charge in [0.15, 0.2) is 0 Å². The topological polar surface area (TPSA) is 48.2 Å². The van der Waals surface area contributed by atoms with Gasteiger partial charge in [0.05, 0.1) is 18.1 Å². The third-order valence-electron chi connectivity index (χ3n) is 2.84. The van der Waals surface area contributed by atoms with Crippen molar-refractivity contribution in [1.29, 1.82) is 0 Å². The lowest BCUT2D eigenvalue weighted by Crippen LogP contribution is -2.14. The van der Waals surface area contributed by atoms with Gasteiger partial charge in [0.2, 0.25) is 10.6 Å². The fourth-order valence-electron chi connectivity index (χ4n) is 2.26. The van der Waals surface area contributed by atoms with Gasteiger partial charge in [-0.3, -0.25) is 0 Å². The number of nitrogens with zero attached hydrogens (tertiary/aromatic N) is 2. The quantitative estimate of drug-likeness (QED) is 0.757. The molecule has 70 valence electrons. The summed E-state index contributed by atoms with van der Waals surface area (Å²) in [7, 11) is 0. The predicted molar refractivity (Wildman–Crippen MR) is 47.3 cm³/mol. The molecule has 0 spiro atoms. The second-order valence-corrected chi connectivity index (χ2v) is 4.33. The summed E-state index contributed by atoms with van der Waals surface area (Å²) in [6, 6.07) is 0. The minimum atomic E-state index is 0.317. The van der Waals surface area contributed by atoms with Crippen LogP contribution in [0.1, 0.15) is 31.1 Å². The Morgan fingerprint density at radius 1 is 1.38 bits per heavy atom. The van der Waals surface area contributed by atoms with Crippen molar-refractivity contribution in [2.24, 2.45) is 0 Å². The van der Waals surface area contributed by atoms with Gasteiger partial charge in [0.1, 0.15) is 0 Å². The van der Waals surface area contributed by atoms with E-state index in [1.54, 1.807) is 0 Å². The number of aromatic nitrogens is 2. The molecule has 3 atom stereocenters. The minimum Gasteiger partial charge on any atom is -0.374 e. The van der Waals surface area contributed by atoms with Crippen molar-refractivity contribution < 1.29 is 9.26 Å². The maximum atomic E-state index is 5.71. The number of hydrogen-bond donors (Lipinski definition) is 0. The molecule has 0 aromatic carbocycles. The molecule has 2 aliphatic heterocycles. The molecule has 3 unspecified atom stereocenters. The van der Waals surface area contributed by atoms with Gasteiger partial charge >= 0.3 is 0 Å². The molecule has 5 heteroatoms. The van der Waals surface area contributed by atoms with E-state index < -0.39 is 0 Å². The van der Waals surface area contributed by atoms with E-state index in [1.807, 2.05) is 0 Å². The van der Waals surface area contributed by atoms with E-state index in [0.29, 0.717) is 22.9 Å². The third kappa shape index (κ3) is 1.21. The fourth-order valence-corrected chi connectivity index (χ4v) is 2.51. The summed E-state index contributed by atoms with van der Waals surface area (Å²) in [5, 5.41) is 3.72. The zero-order valence-electron chi connectivity index (χ0n) is 6.94. The Labute approximate surface area is 83.8 Å². The van der Waals surface area contributed by atoms with Crippen LogP contribution >= 0.6 is 15.9 Å². The maximum Gasteiger partial charge on any atom is 0.238 e.